The minimum absolute atomic E-state index is 0.748. The van der Waals surface area contributed by atoms with Gasteiger partial charge in [-0.2, -0.15) is 5.10 Å². The van der Waals surface area contributed by atoms with Crippen LogP contribution in [0.4, 0.5) is 0 Å². The van der Waals surface area contributed by atoms with Gasteiger partial charge in [-0.1, -0.05) is 30.3 Å². The fourth-order valence-corrected chi connectivity index (χ4v) is 1.84. The summed E-state index contributed by atoms with van der Waals surface area (Å²) >= 11 is 0. The second-order valence-electron chi connectivity index (χ2n) is 4.50. The molecule has 0 spiro atoms. The van der Waals surface area contributed by atoms with E-state index in [1.807, 2.05) is 12.3 Å². The predicted octanol–water partition coefficient (Wildman–Crippen LogP) is 2.65. The van der Waals surface area contributed by atoms with Crippen LogP contribution in [0.1, 0.15) is 31.2 Å². The molecule has 0 N–H and O–H groups in total. The predicted molar refractivity (Wildman–Crippen MR) is 61.9 cm³/mol. The molecule has 2 heteroatoms. The molecule has 2 aliphatic carbocycles. The van der Waals surface area contributed by atoms with Gasteiger partial charge < -0.3 is 0 Å². The Morgan fingerprint density at radius 1 is 1.00 bits per heavy atom. The molecular weight excluding hydrogens is 184 g/mol. The zero-order chi connectivity index (χ0) is 10.1. The lowest BCUT2D eigenvalue weighted by molar-refractivity contribution is 0.268. The highest BCUT2D eigenvalue weighted by Crippen LogP contribution is 2.37. The van der Waals surface area contributed by atoms with Crippen molar-refractivity contribution in [3.05, 3.63) is 35.9 Å². The first-order valence-electron chi connectivity index (χ1n) is 5.81. The van der Waals surface area contributed by atoms with Crippen LogP contribution in [0.2, 0.25) is 0 Å². The lowest BCUT2D eigenvalue weighted by Crippen LogP contribution is -2.22. The smallest absolute Gasteiger partial charge is 0.0543 e. The van der Waals surface area contributed by atoms with E-state index in [4.69, 9.17) is 0 Å². The monoisotopic (exact) mass is 200 g/mol. The van der Waals surface area contributed by atoms with Crippen LogP contribution >= 0.6 is 0 Å². The second-order valence-corrected chi connectivity index (χ2v) is 4.50. The molecule has 2 saturated carbocycles. The number of hydrogen-bond acceptors (Lipinski definition) is 2. The Morgan fingerprint density at radius 2 is 1.60 bits per heavy atom. The van der Waals surface area contributed by atoms with Crippen LogP contribution in [0.25, 0.3) is 0 Å². The molecule has 1 aromatic carbocycles. The molecule has 0 unspecified atom stereocenters. The standard InChI is InChI=1S/C13H16N2/c1-2-4-11(5-3-1)10-14-15(12-6-7-12)13-8-9-13/h1-5,10,12-13H,6-9H2/b14-10+. The van der Waals surface area contributed by atoms with Gasteiger partial charge in [0.25, 0.3) is 0 Å². The molecule has 1 aromatic rings. The third-order valence-electron chi connectivity index (χ3n) is 2.98. The minimum atomic E-state index is 0.748. The van der Waals surface area contributed by atoms with Crippen LogP contribution in [-0.2, 0) is 0 Å². The van der Waals surface area contributed by atoms with E-state index in [1.54, 1.807) is 0 Å². The Labute approximate surface area is 90.6 Å². The van der Waals surface area contributed by atoms with E-state index in [2.05, 4.69) is 34.4 Å². The average molecular weight is 200 g/mol. The van der Waals surface area contributed by atoms with Gasteiger partial charge in [-0.3, -0.25) is 5.01 Å². The van der Waals surface area contributed by atoms with Gasteiger partial charge in [0, 0.05) is 12.1 Å². The molecule has 0 amide bonds. The number of hydrogen-bond donors (Lipinski definition) is 0. The summed E-state index contributed by atoms with van der Waals surface area (Å²) in [5.41, 5.74) is 1.20. The molecule has 2 aliphatic rings. The Balaban J connectivity index is 1.69. The van der Waals surface area contributed by atoms with E-state index >= 15 is 0 Å². The largest absolute Gasteiger partial charge is 0.291 e. The summed E-state index contributed by atoms with van der Waals surface area (Å²) in [6.07, 6.45) is 7.34. The number of rotatable bonds is 4. The van der Waals surface area contributed by atoms with Gasteiger partial charge in [0.05, 0.1) is 6.21 Å². The normalized spacial score (nSPS) is 20.8. The highest BCUT2D eigenvalue weighted by Gasteiger charge is 2.38. The molecule has 0 radical (unpaired) electrons. The van der Waals surface area contributed by atoms with Crippen LogP contribution in [0.5, 0.6) is 0 Å². The fourth-order valence-electron chi connectivity index (χ4n) is 1.84. The van der Waals surface area contributed by atoms with Crippen molar-refractivity contribution in [1.29, 1.82) is 0 Å². The Morgan fingerprint density at radius 3 is 2.13 bits per heavy atom. The topological polar surface area (TPSA) is 15.6 Å². The van der Waals surface area contributed by atoms with E-state index in [0.29, 0.717) is 0 Å². The molecule has 0 bridgehead atoms. The zero-order valence-electron chi connectivity index (χ0n) is 8.84. The molecule has 0 aliphatic heterocycles. The number of hydrazone groups is 1. The van der Waals surface area contributed by atoms with Crippen LogP contribution in [0.15, 0.2) is 35.4 Å². The van der Waals surface area contributed by atoms with Gasteiger partial charge >= 0.3 is 0 Å². The highest BCUT2D eigenvalue weighted by molar-refractivity contribution is 5.79. The summed E-state index contributed by atoms with van der Waals surface area (Å²) in [5, 5.41) is 6.95. The van der Waals surface area contributed by atoms with Gasteiger partial charge in [-0.15, -0.1) is 0 Å². The summed E-state index contributed by atoms with van der Waals surface area (Å²) in [4.78, 5) is 0. The van der Waals surface area contributed by atoms with Crippen LogP contribution in [-0.4, -0.2) is 23.3 Å². The lowest BCUT2D eigenvalue weighted by atomic mass is 10.2. The molecule has 3 rings (SSSR count). The molecule has 0 aromatic heterocycles. The van der Waals surface area contributed by atoms with E-state index < -0.39 is 0 Å². The SMILES string of the molecule is C(=N\N(C1CC1)C1CC1)/c1ccccc1. The molecule has 0 saturated heterocycles. The Kier molecular flexibility index (Phi) is 2.20. The fraction of sp³-hybridized carbons (Fsp3) is 0.462. The summed E-state index contributed by atoms with van der Waals surface area (Å²) < 4.78 is 0. The van der Waals surface area contributed by atoms with Crippen molar-refractivity contribution in [3.8, 4) is 0 Å². The van der Waals surface area contributed by atoms with Gasteiger partial charge in [-0.05, 0) is 31.2 Å². The molecule has 0 atom stereocenters. The highest BCUT2D eigenvalue weighted by atomic mass is 15.5. The molecule has 2 fully saturated rings. The van der Waals surface area contributed by atoms with Crippen molar-refractivity contribution in [2.75, 3.05) is 0 Å². The van der Waals surface area contributed by atoms with E-state index in [1.165, 1.54) is 31.2 Å². The van der Waals surface area contributed by atoms with E-state index in [0.717, 1.165) is 12.1 Å². The third-order valence-corrected chi connectivity index (χ3v) is 2.98. The number of benzene rings is 1. The zero-order valence-corrected chi connectivity index (χ0v) is 8.84. The maximum absolute atomic E-state index is 4.63. The lowest BCUT2D eigenvalue weighted by Gasteiger charge is -2.17. The minimum Gasteiger partial charge on any atom is -0.291 e. The van der Waals surface area contributed by atoms with E-state index in [9.17, 15) is 0 Å². The second kappa shape index (κ2) is 3.69. The van der Waals surface area contributed by atoms with Crippen LogP contribution in [0, 0.1) is 0 Å². The Hall–Kier alpha value is -1.31. The maximum atomic E-state index is 4.63. The first-order valence-corrected chi connectivity index (χ1v) is 5.81. The first-order chi connectivity index (χ1) is 7.43. The summed E-state index contributed by atoms with van der Waals surface area (Å²) in [6.45, 7) is 0. The van der Waals surface area contributed by atoms with Crippen molar-refractivity contribution in [2.24, 2.45) is 5.10 Å². The molecule has 2 nitrogen and oxygen atoms in total. The van der Waals surface area contributed by atoms with Crippen molar-refractivity contribution in [3.63, 3.8) is 0 Å². The average Bonchev–Trinajstić information content (AvgIpc) is 3.14. The summed E-state index contributed by atoms with van der Waals surface area (Å²) in [5.74, 6) is 0. The quantitative estimate of drug-likeness (QED) is 0.539. The van der Waals surface area contributed by atoms with Crippen molar-refractivity contribution < 1.29 is 0 Å². The van der Waals surface area contributed by atoms with Gasteiger partial charge in [0.2, 0.25) is 0 Å². The summed E-state index contributed by atoms with van der Waals surface area (Å²) in [7, 11) is 0. The molecule has 78 valence electrons. The van der Waals surface area contributed by atoms with Crippen molar-refractivity contribution >= 4 is 6.21 Å². The molecule has 0 heterocycles. The molecule has 15 heavy (non-hydrogen) atoms. The van der Waals surface area contributed by atoms with Gasteiger partial charge in [0.1, 0.15) is 0 Å². The molecular formula is C13H16N2. The summed E-state index contributed by atoms with van der Waals surface area (Å²) in [6, 6.07) is 11.8. The van der Waals surface area contributed by atoms with Crippen LogP contribution in [0.3, 0.4) is 0 Å². The van der Waals surface area contributed by atoms with Gasteiger partial charge in [0.15, 0.2) is 0 Å². The third kappa shape index (κ3) is 2.20. The first kappa shape index (κ1) is 8.96. The maximum Gasteiger partial charge on any atom is 0.0543 e. The van der Waals surface area contributed by atoms with Crippen molar-refractivity contribution in [1.82, 2.24) is 5.01 Å². The van der Waals surface area contributed by atoms with Crippen molar-refractivity contribution in [2.45, 2.75) is 37.8 Å². The number of nitrogens with zero attached hydrogens (tertiary/aromatic N) is 2. The van der Waals surface area contributed by atoms with E-state index in [-0.39, 0.29) is 0 Å². The van der Waals surface area contributed by atoms with Gasteiger partial charge in [-0.25, -0.2) is 0 Å². The Bertz CT molecular complexity index is 338. The van der Waals surface area contributed by atoms with Crippen LogP contribution < -0.4 is 0 Å².